The van der Waals surface area contributed by atoms with Gasteiger partial charge in [-0.3, -0.25) is 18.1 Å². The van der Waals surface area contributed by atoms with Crippen LogP contribution in [-0.4, -0.2) is 77.2 Å². The third-order valence-electron chi connectivity index (χ3n) is 6.01. The molecule has 0 saturated carbocycles. The summed E-state index contributed by atoms with van der Waals surface area (Å²) in [6.45, 7) is 13.5. The molecule has 0 radical (unpaired) electrons. The second-order valence-electron chi connectivity index (χ2n) is 8.93. The number of fused-ring (bicyclic) bond motifs is 1. The maximum absolute atomic E-state index is 14.2. The highest BCUT2D eigenvalue weighted by atomic mass is 31.2. The molecule has 3 rings (SSSR count). The van der Waals surface area contributed by atoms with E-state index in [2.05, 4.69) is 46.6 Å². The van der Waals surface area contributed by atoms with Gasteiger partial charge in [-0.2, -0.15) is 0 Å². The molecule has 1 aliphatic heterocycles. The number of alkyl halides is 1. The molecule has 5 atom stereocenters. The largest absolute Gasteiger partial charge is 0.390 e. The van der Waals surface area contributed by atoms with E-state index in [9.17, 15) is 23.5 Å². The minimum Gasteiger partial charge on any atom is -0.390 e. The number of nitrogens with one attached hydrogen (secondary N) is 1. The first-order valence-electron chi connectivity index (χ1n) is 12.2. The number of allylic oxidation sites excluding steroid dienone is 6. The number of ether oxygens (including phenoxy) is 1. The third kappa shape index (κ3) is 8.03. The minimum absolute atomic E-state index is 0.216. The van der Waals surface area contributed by atoms with Crippen molar-refractivity contribution in [2.45, 2.75) is 18.4 Å². The number of aromatic nitrogens is 4. The first-order valence-corrected chi connectivity index (χ1v) is 15.7. The van der Waals surface area contributed by atoms with Crippen LogP contribution in [0.1, 0.15) is 12.1 Å². The summed E-state index contributed by atoms with van der Waals surface area (Å²) in [6, 6.07) is 0. The van der Waals surface area contributed by atoms with Crippen LogP contribution in [0.2, 0.25) is 0 Å². The lowest BCUT2D eigenvalue weighted by atomic mass is 10.0. The summed E-state index contributed by atoms with van der Waals surface area (Å²) in [6.07, 6.45) is 7.07. The van der Waals surface area contributed by atoms with Crippen molar-refractivity contribution in [1.82, 2.24) is 19.5 Å². The Hall–Kier alpha value is -3.06. The van der Waals surface area contributed by atoms with Crippen molar-refractivity contribution in [3.63, 3.8) is 0 Å². The van der Waals surface area contributed by atoms with E-state index in [1.165, 1.54) is 23.0 Å². The first-order chi connectivity index (χ1) is 19.4. The van der Waals surface area contributed by atoms with E-state index in [-0.39, 0.29) is 11.5 Å². The number of aliphatic hydroxyl groups excluding tert-OH is 1. The molecule has 0 aliphatic carbocycles. The van der Waals surface area contributed by atoms with Crippen LogP contribution in [0.5, 0.6) is 0 Å². The Morgan fingerprint density at radius 2 is 1.85 bits per heavy atom. The van der Waals surface area contributed by atoms with Crippen LogP contribution in [0.15, 0.2) is 74.7 Å². The molecule has 1 fully saturated rings. The molecule has 1 aliphatic rings. The number of aliphatic hydroxyl groups is 1. The van der Waals surface area contributed by atoms with Crippen LogP contribution in [0, 0.1) is 5.92 Å². The van der Waals surface area contributed by atoms with Crippen LogP contribution in [0.3, 0.4) is 0 Å². The highest BCUT2D eigenvalue weighted by molar-refractivity contribution is 7.70. The molecule has 2 aromatic rings. The molecular weight excluding hydrogens is 579 g/mol. The number of hydrogen-bond donors (Lipinski definition) is 5. The zero-order chi connectivity index (χ0) is 30.4. The summed E-state index contributed by atoms with van der Waals surface area (Å²) in [4.78, 5) is 41.3. The number of nitrogens with zero attached hydrogens (tertiary/aromatic N) is 4. The van der Waals surface area contributed by atoms with Crippen molar-refractivity contribution < 1.29 is 42.6 Å². The Labute approximate surface area is 235 Å². The van der Waals surface area contributed by atoms with Crippen molar-refractivity contribution >= 4 is 37.7 Å². The number of halogens is 1. The van der Waals surface area contributed by atoms with Gasteiger partial charge in [0.05, 0.1) is 31.6 Å². The second kappa shape index (κ2) is 13.7. The van der Waals surface area contributed by atoms with E-state index in [4.69, 9.17) is 19.0 Å². The van der Waals surface area contributed by atoms with Crippen molar-refractivity contribution in [2.75, 3.05) is 31.0 Å². The van der Waals surface area contributed by atoms with Crippen molar-refractivity contribution in [3.05, 3.63) is 80.5 Å². The summed E-state index contributed by atoms with van der Waals surface area (Å²) < 4.78 is 49.4. The van der Waals surface area contributed by atoms with Gasteiger partial charge < -0.3 is 34.4 Å². The monoisotopic (exact) mass is 611 g/mol. The molecular formula is C25H32FN5O8P2. The van der Waals surface area contributed by atoms with Gasteiger partial charge in [-0.1, -0.05) is 62.8 Å². The van der Waals surface area contributed by atoms with Gasteiger partial charge in [0.2, 0.25) is 0 Å². The summed E-state index contributed by atoms with van der Waals surface area (Å²) in [5, 5.41) is 13.9. The van der Waals surface area contributed by atoms with E-state index in [0.717, 1.165) is 5.57 Å². The normalized spacial score (nSPS) is 23.2. The van der Waals surface area contributed by atoms with E-state index in [0.29, 0.717) is 23.5 Å². The smallest absolute Gasteiger partial charge is 0.340 e. The Bertz CT molecular complexity index is 1470. The molecule has 0 spiro atoms. The Balaban J connectivity index is 2.02. The van der Waals surface area contributed by atoms with E-state index < -0.39 is 58.7 Å². The number of imidazole rings is 1. The second-order valence-corrected chi connectivity index (χ2v) is 12.9. The van der Waals surface area contributed by atoms with Crippen LogP contribution in [0.4, 0.5) is 10.2 Å². The van der Waals surface area contributed by atoms with Crippen LogP contribution >= 0.6 is 15.2 Å². The van der Waals surface area contributed by atoms with Gasteiger partial charge in [0.1, 0.15) is 12.3 Å². The fraction of sp³-hybridized carbons (Fsp3) is 0.320. The number of hydrogen-bond acceptors (Lipinski definition) is 9. The first kappa shape index (κ1) is 32.5. The van der Waals surface area contributed by atoms with Crippen molar-refractivity contribution in [2.24, 2.45) is 5.92 Å². The van der Waals surface area contributed by atoms with Crippen molar-refractivity contribution in [1.29, 1.82) is 0 Å². The Morgan fingerprint density at radius 3 is 2.44 bits per heavy atom. The molecule has 3 heterocycles. The van der Waals surface area contributed by atoms with Crippen LogP contribution in [-0.2, 0) is 18.4 Å². The summed E-state index contributed by atoms with van der Waals surface area (Å²) >= 11 is 0. The van der Waals surface area contributed by atoms with Gasteiger partial charge in [-0.25, -0.2) is 15.0 Å². The van der Waals surface area contributed by atoms with Gasteiger partial charge in [0.25, 0.3) is 0 Å². The summed E-state index contributed by atoms with van der Waals surface area (Å²) in [5.41, 5.74) is 1.84. The lowest BCUT2D eigenvalue weighted by Crippen LogP contribution is -2.31. The lowest BCUT2D eigenvalue weighted by Gasteiger charge is -2.19. The highest BCUT2D eigenvalue weighted by Crippen LogP contribution is 2.55. The average molecular weight is 612 g/mol. The topological polar surface area (TPSA) is 189 Å². The summed E-state index contributed by atoms with van der Waals surface area (Å²) in [7, 11) is -9.61. The molecule has 222 valence electrons. The zero-order valence-electron chi connectivity index (χ0n) is 22.0. The molecule has 0 amide bonds. The molecule has 41 heavy (non-hydrogen) atoms. The number of rotatable bonds is 15. The zero-order valence-corrected chi connectivity index (χ0v) is 23.8. The molecule has 16 heteroatoms. The molecule has 0 bridgehead atoms. The third-order valence-corrected chi connectivity index (χ3v) is 9.46. The van der Waals surface area contributed by atoms with E-state index in [1.54, 1.807) is 24.3 Å². The minimum atomic E-state index is -4.87. The Kier molecular flexibility index (Phi) is 10.9. The van der Waals surface area contributed by atoms with Gasteiger partial charge in [-0.15, -0.1) is 0 Å². The summed E-state index contributed by atoms with van der Waals surface area (Å²) in [5.74, 6) is -2.02. The predicted molar refractivity (Wildman–Crippen MR) is 153 cm³/mol. The standard InChI is InChI=1S/C25H32FN5O8P2/c1-5-9-16(7-3)12-27-23-20-24(30-22(29-23)17(8-4)10-6-2)31(14-28-20)25-18(11-26)21(32)19(39-25)13-38-41(36,37)15-40(33,34)35/h5-10,14,18-19,21,25,32H,1-4,11-13,15H2,(H,36,37)(H,27,29,30)(H2,33,34,35)/b16-9+,17-10+/t18-,19+,21-,25+/m0/s1. The van der Waals surface area contributed by atoms with Gasteiger partial charge in [0, 0.05) is 12.1 Å². The van der Waals surface area contributed by atoms with Gasteiger partial charge in [0.15, 0.2) is 28.7 Å². The van der Waals surface area contributed by atoms with E-state index >= 15 is 0 Å². The number of anilines is 1. The quantitative estimate of drug-likeness (QED) is 0.146. The molecule has 1 unspecified atom stereocenters. The fourth-order valence-electron chi connectivity index (χ4n) is 4.10. The SMILES string of the molecule is C=C/C=C(\C=C)CNc1nc(/C(C=C)=C/C=C)nc2c1ncn2[C@@H]1O[C@H](COP(=O)(O)CP(=O)(O)O)[C@@H](O)[C@@H]1CF. The molecule has 1 saturated heterocycles. The highest BCUT2D eigenvalue weighted by Gasteiger charge is 2.46. The van der Waals surface area contributed by atoms with Crippen LogP contribution in [0.25, 0.3) is 16.7 Å². The maximum atomic E-state index is 14.2. The van der Waals surface area contributed by atoms with Crippen molar-refractivity contribution in [3.8, 4) is 0 Å². The molecule has 0 aromatic carbocycles. The average Bonchev–Trinajstić information content (AvgIpc) is 3.47. The van der Waals surface area contributed by atoms with Gasteiger partial charge in [-0.05, 0) is 5.57 Å². The van der Waals surface area contributed by atoms with E-state index in [1.807, 2.05) is 0 Å². The molecule has 5 N–H and O–H groups in total. The molecule has 13 nitrogen and oxygen atoms in total. The van der Waals surface area contributed by atoms with Crippen LogP contribution < -0.4 is 5.32 Å². The van der Waals surface area contributed by atoms with Gasteiger partial charge >= 0.3 is 15.2 Å². The maximum Gasteiger partial charge on any atom is 0.340 e. The molecule has 2 aromatic heterocycles. The predicted octanol–water partition coefficient (Wildman–Crippen LogP) is 3.47. The fourth-order valence-corrected chi connectivity index (χ4v) is 6.67. The lowest BCUT2D eigenvalue weighted by molar-refractivity contribution is -0.0420. The Morgan fingerprint density at radius 1 is 1.15 bits per heavy atom.